The maximum atomic E-state index is 12.7. The van der Waals surface area contributed by atoms with Crippen LogP contribution in [0.1, 0.15) is 25.5 Å². The van der Waals surface area contributed by atoms with Crippen LogP contribution >= 0.6 is 0 Å². The van der Waals surface area contributed by atoms with Gasteiger partial charge in [0.15, 0.2) is 0 Å². The Kier molecular flexibility index (Phi) is 5.97. The molecular formula is C17H26N4O4. The molecule has 1 atom stereocenters. The number of nitrogens with two attached hydrogens (primary N) is 1. The number of aromatic nitrogens is 1. The summed E-state index contributed by atoms with van der Waals surface area (Å²) < 4.78 is 0. The smallest absolute Gasteiger partial charge is 0.278 e. The highest BCUT2D eigenvalue weighted by Crippen LogP contribution is 2.24. The van der Waals surface area contributed by atoms with Crippen LogP contribution in [0.25, 0.3) is 0 Å². The Morgan fingerprint density at radius 3 is 2.44 bits per heavy atom. The summed E-state index contributed by atoms with van der Waals surface area (Å²) in [6.07, 6.45) is 0.703. The van der Waals surface area contributed by atoms with Gasteiger partial charge in [0.25, 0.3) is 11.7 Å². The summed E-state index contributed by atoms with van der Waals surface area (Å²) in [5, 5.41) is 19.9. The van der Waals surface area contributed by atoms with Gasteiger partial charge in [0.2, 0.25) is 5.91 Å². The van der Waals surface area contributed by atoms with Crippen LogP contribution in [-0.2, 0) is 9.59 Å². The van der Waals surface area contributed by atoms with Gasteiger partial charge < -0.3 is 25.7 Å². The number of hydrogen-bond acceptors (Lipinski definition) is 6. The number of hydrogen-bond donors (Lipinski definition) is 3. The standard InChI is InChI=1S/C17H26N4O4/c1-3-5-13(17(24,25)16(18)23)15(22)21-10-8-20(9-11-21)14-7-4-6-12(2)19-14/h4,6-7,13,24-25H,3,5,8-11H2,1-2H3,(H2,18,23). The molecule has 1 aromatic rings. The van der Waals surface area contributed by atoms with Crippen LogP contribution in [0.3, 0.4) is 0 Å². The maximum Gasteiger partial charge on any atom is 0.278 e. The predicted molar refractivity (Wildman–Crippen MR) is 92.5 cm³/mol. The molecule has 2 amide bonds. The highest BCUT2D eigenvalue weighted by atomic mass is 16.5. The fraction of sp³-hybridized carbons (Fsp3) is 0.588. The minimum atomic E-state index is -2.83. The molecule has 2 heterocycles. The van der Waals surface area contributed by atoms with Crippen molar-refractivity contribution in [2.45, 2.75) is 32.5 Å². The molecule has 0 spiro atoms. The van der Waals surface area contributed by atoms with Gasteiger partial charge in [-0.15, -0.1) is 0 Å². The average Bonchev–Trinajstić information content (AvgIpc) is 2.59. The van der Waals surface area contributed by atoms with Crippen LogP contribution in [0, 0.1) is 12.8 Å². The zero-order chi connectivity index (χ0) is 18.6. The van der Waals surface area contributed by atoms with E-state index in [0.29, 0.717) is 32.6 Å². The summed E-state index contributed by atoms with van der Waals surface area (Å²) in [6.45, 7) is 5.74. The fourth-order valence-corrected chi connectivity index (χ4v) is 3.04. The third kappa shape index (κ3) is 4.26. The molecular weight excluding hydrogens is 324 g/mol. The van der Waals surface area contributed by atoms with Crippen LogP contribution in [0.15, 0.2) is 18.2 Å². The van der Waals surface area contributed by atoms with Crippen LogP contribution in [0.4, 0.5) is 5.82 Å². The van der Waals surface area contributed by atoms with Crippen LogP contribution in [0.5, 0.6) is 0 Å². The summed E-state index contributed by atoms with van der Waals surface area (Å²) in [5.74, 6) is -4.99. The second-order valence-electron chi connectivity index (χ2n) is 6.38. The molecule has 0 radical (unpaired) electrons. The highest BCUT2D eigenvalue weighted by Gasteiger charge is 2.46. The minimum Gasteiger partial charge on any atom is -0.365 e. The van der Waals surface area contributed by atoms with Crippen molar-refractivity contribution < 1.29 is 19.8 Å². The van der Waals surface area contributed by atoms with Crippen LogP contribution in [-0.4, -0.2) is 63.9 Å². The lowest BCUT2D eigenvalue weighted by atomic mass is 9.91. The van der Waals surface area contributed by atoms with Crippen molar-refractivity contribution in [2.24, 2.45) is 11.7 Å². The van der Waals surface area contributed by atoms with Crippen LogP contribution in [0.2, 0.25) is 0 Å². The molecule has 1 aromatic heterocycles. The first kappa shape index (κ1) is 19.1. The van der Waals surface area contributed by atoms with Gasteiger partial charge in [0.1, 0.15) is 11.7 Å². The lowest BCUT2D eigenvalue weighted by Crippen LogP contribution is -2.58. The zero-order valence-corrected chi connectivity index (χ0v) is 14.7. The Morgan fingerprint density at radius 2 is 1.92 bits per heavy atom. The van der Waals surface area contributed by atoms with E-state index in [9.17, 15) is 19.8 Å². The zero-order valence-electron chi connectivity index (χ0n) is 14.7. The van der Waals surface area contributed by atoms with E-state index < -0.39 is 23.5 Å². The SMILES string of the molecule is CCCC(C(=O)N1CCN(c2cccc(C)n2)CC1)C(O)(O)C(N)=O. The second kappa shape index (κ2) is 7.79. The van der Waals surface area contributed by atoms with Crippen molar-refractivity contribution >= 4 is 17.6 Å². The van der Waals surface area contributed by atoms with Gasteiger partial charge in [0, 0.05) is 31.9 Å². The van der Waals surface area contributed by atoms with Crippen molar-refractivity contribution in [3.63, 3.8) is 0 Å². The van der Waals surface area contributed by atoms with Crippen molar-refractivity contribution in [3.8, 4) is 0 Å². The van der Waals surface area contributed by atoms with E-state index in [1.165, 1.54) is 0 Å². The van der Waals surface area contributed by atoms with E-state index >= 15 is 0 Å². The average molecular weight is 350 g/mol. The largest absolute Gasteiger partial charge is 0.365 e. The Hall–Kier alpha value is -2.19. The van der Waals surface area contributed by atoms with E-state index in [1.54, 1.807) is 11.8 Å². The highest BCUT2D eigenvalue weighted by molar-refractivity contribution is 5.90. The van der Waals surface area contributed by atoms with Gasteiger partial charge in [-0.3, -0.25) is 9.59 Å². The topological polar surface area (TPSA) is 120 Å². The number of carbonyl (C=O) groups is 2. The molecule has 25 heavy (non-hydrogen) atoms. The maximum absolute atomic E-state index is 12.7. The second-order valence-corrected chi connectivity index (χ2v) is 6.38. The summed E-state index contributed by atoms with van der Waals surface area (Å²) in [5.41, 5.74) is 5.98. The molecule has 8 heteroatoms. The van der Waals surface area contributed by atoms with Gasteiger partial charge in [-0.2, -0.15) is 0 Å². The monoisotopic (exact) mass is 350 g/mol. The van der Waals surface area contributed by atoms with Gasteiger partial charge in [-0.1, -0.05) is 19.4 Å². The molecule has 138 valence electrons. The number of amides is 2. The van der Waals surface area contributed by atoms with Crippen molar-refractivity contribution in [3.05, 3.63) is 23.9 Å². The summed E-state index contributed by atoms with van der Waals surface area (Å²) in [6, 6.07) is 5.78. The lowest BCUT2D eigenvalue weighted by Gasteiger charge is -2.38. The molecule has 8 nitrogen and oxygen atoms in total. The molecule has 0 aromatic carbocycles. The Labute approximate surface area is 147 Å². The van der Waals surface area contributed by atoms with Gasteiger partial charge in [0.05, 0.1) is 0 Å². The first-order valence-electron chi connectivity index (χ1n) is 8.49. The first-order valence-corrected chi connectivity index (χ1v) is 8.49. The van der Waals surface area contributed by atoms with Crippen LogP contribution < -0.4 is 10.6 Å². The number of aliphatic hydroxyl groups is 2. The van der Waals surface area contributed by atoms with E-state index in [1.807, 2.05) is 25.1 Å². The number of rotatable bonds is 6. The molecule has 1 saturated heterocycles. The Morgan fingerprint density at radius 1 is 1.28 bits per heavy atom. The third-order valence-corrected chi connectivity index (χ3v) is 4.51. The van der Waals surface area contributed by atoms with E-state index in [-0.39, 0.29) is 6.42 Å². The summed E-state index contributed by atoms with van der Waals surface area (Å²) in [7, 11) is 0. The summed E-state index contributed by atoms with van der Waals surface area (Å²) >= 11 is 0. The molecule has 1 unspecified atom stereocenters. The Balaban J connectivity index is 2.05. The van der Waals surface area contributed by atoms with Gasteiger partial charge in [-0.05, 0) is 25.5 Å². The van der Waals surface area contributed by atoms with E-state index in [0.717, 1.165) is 11.5 Å². The normalized spacial score (nSPS) is 16.6. The quantitative estimate of drug-likeness (QED) is 0.602. The third-order valence-electron chi connectivity index (χ3n) is 4.51. The van der Waals surface area contributed by atoms with Crippen molar-refractivity contribution in [2.75, 3.05) is 31.1 Å². The molecule has 0 saturated carbocycles. The van der Waals surface area contributed by atoms with E-state index in [2.05, 4.69) is 9.88 Å². The number of pyridine rings is 1. The number of primary amides is 1. The number of piperazine rings is 1. The van der Waals surface area contributed by atoms with Gasteiger partial charge in [-0.25, -0.2) is 4.98 Å². The number of anilines is 1. The molecule has 0 aliphatic carbocycles. The number of carbonyl (C=O) groups excluding carboxylic acids is 2. The van der Waals surface area contributed by atoms with E-state index in [4.69, 9.17) is 5.73 Å². The summed E-state index contributed by atoms with van der Waals surface area (Å²) in [4.78, 5) is 32.1. The molecule has 0 bridgehead atoms. The molecule has 1 aliphatic rings. The van der Waals surface area contributed by atoms with Crippen molar-refractivity contribution in [1.82, 2.24) is 9.88 Å². The Bertz CT molecular complexity index is 627. The molecule has 1 aliphatic heterocycles. The minimum absolute atomic E-state index is 0.175. The molecule has 1 fully saturated rings. The van der Waals surface area contributed by atoms with Crippen molar-refractivity contribution in [1.29, 1.82) is 0 Å². The predicted octanol–water partition coefficient (Wildman–Crippen LogP) is -0.379. The molecule has 4 N–H and O–H groups in total. The van der Waals surface area contributed by atoms with Gasteiger partial charge >= 0.3 is 0 Å². The first-order chi connectivity index (χ1) is 11.8. The fourth-order valence-electron chi connectivity index (χ4n) is 3.04. The molecule has 2 rings (SSSR count). The number of nitrogens with zero attached hydrogens (tertiary/aromatic N) is 3. The number of aryl methyl sites for hydroxylation is 1. The lowest BCUT2D eigenvalue weighted by molar-refractivity contribution is -0.208.